The van der Waals surface area contributed by atoms with Crippen LogP contribution < -0.4 is 14.8 Å². The van der Waals surface area contributed by atoms with E-state index in [0.29, 0.717) is 12.6 Å². The maximum Gasteiger partial charge on any atom is 0.164 e. The lowest BCUT2D eigenvalue weighted by molar-refractivity contribution is 0.226. The van der Waals surface area contributed by atoms with Gasteiger partial charge in [0, 0.05) is 25.8 Å². The summed E-state index contributed by atoms with van der Waals surface area (Å²) in [6, 6.07) is 6.34. The normalized spacial score (nSPS) is 17.4. The summed E-state index contributed by atoms with van der Waals surface area (Å²) in [7, 11) is 3.67. The summed E-state index contributed by atoms with van der Waals surface area (Å²) in [6.45, 7) is 1.45. The van der Waals surface area contributed by atoms with Crippen LogP contribution in [-0.2, 0) is 20.0 Å². The Morgan fingerprint density at radius 2 is 2.40 bits per heavy atom. The van der Waals surface area contributed by atoms with E-state index in [2.05, 4.69) is 16.4 Å². The van der Waals surface area contributed by atoms with E-state index in [1.165, 1.54) is 11.3 Å². The molecule has 0 radical (unpaired) electrons. The van der Waals surface area contributed by atoms with Crippen LogP contribution >= 0.6 is 0 Å². The number of rotatable bonds is 4. The summed E-state index contributed by atoms with van der Waals surface area (Å²) in [4.78, 5) is 4.12. The molecule has 5 nitrogen and oxygen atoms in total. The molecule has 106 valence electrons. The second-order valence-corrected chi connectivity index (χ2v) is 5.04. The molecule has 0 saturated carbocycles. The van der Waals surface area contributed by atoms with Crippen molar-refractivity contribution in [2.45, 2.75) is 19.0 Å². The topological polar surface area (TPSA) is 48.3 Å². The highest BCUT2D eigenvalue weighted by molar-refractivity contribution is 5.48. The number of nitrogens with one attached hydrogen (secondary N) is 1. The largest absolute Gasteiger partial charge is 0.493 e. The van der Waals surface area contributed by atoms with Gasteiger partial charge in [0.15, 0.2) is 11.5 Å². The molecular formula is C15H19N3O2. The number of nitrogens with zero attached hydrogens (tertiary/aromatic N) is 2. The maximum absolute atomic E-state index is 5.85. The van der Waals surface area contributed by atoms with Gasteiger partial charge in [-0.25, -0.2) is 4.98 Å². The van der Waals surface area contributed by atoms with E-state index in [1.54, 1.807) is 7.11 Å². The second kappa shape index (κ2) is 5.54. The van der Waals surface area contributed by atoms with Gasteiger partial charge in [-0.1, -0.05) is 12.1 Å². The average Bonchev–Trinajstić information content (AvgIpc) is 2.89. The van der Waals surface area contributed by atoms with Crippen LogP contribution in [0.1, 0.15) is 11.3 Å². The molecule has 1 atom stereocenters. The molecule has 0 fully saturated rings. The van der Waals surface area contributed by atoms with Gasteiger partial charge in [-0.15, -0.1) is 0 Å². The zero-order valence-corrected chi connectivity index (χ0v) is 11.8. The fraction of sp³-hybridized carbons (Fsp3) is 0.400. The fourth-order valence-electron chi connectivity index (χ4n) is 2.49. The zero-order valence-electron chi connectivity index (χ0n) is 11.8. The Morgan fingerprint density at radius 1 is 1.50 bits per heavy atom. The van der Waals surface area contributed by atoms with Crippen molar-refractivity contribution in [3.05, 3.63) is 42.0 Å². The number of aromatic nitrogens is 2. The maximum atomic E-state index is 5.85. The van der Waals surface area contributed by atoms with E-state index in [-0.39, 0.29) is 0 Å². The van der Waals surface area contributed by atoms with Crippen LogP contribution in [0.4, 0.5) is 0 Å². The van der Waals surface area contributed by atoms with Crippen molar-refractivity contribution in [1.29, 1.82) is 0 Å². The van der Waals surface area contributed by atoms with Gasteiger partial charge in [0.25, 0.3) is 0 Å². The molecule has 0 saturated heterocycles. The predicted molar refractivity (Wildman–Crippen MR) is 76.0 cm³/mol. The summed E-state index contributed by atoms with van der Waals surface area (Å²) in [5.74, 6) is 1.70. The number of methoxy groups -OCH3 is 1. The van der Waals surface area contributed by atoms with Crippen molar-refractivity contribution in [3.8, 4) is 11.5 Å². The van der Waals surface area contributed by atoms with Crippen LogP contribution in [0.2, 0.25) is 0 Å². The van der Waals surface area contributed by atoms with E-state index in [1.807, 2.05) is 36.3 Å². The van der Waals surface area contributed by atoms with Gasteiger partial charge in [-0.2, -0.15) is 0 Å². The van der Waals surface area contributed by atoms with Crippen LogP contribution in [0.25, 0.3) is 0 Å². The standard InChI is InChI=1S/C15H19N3O2/c1-18-10-16-7-13(18)8-17-12-6-11-4-3-5-14(19-2)15(11)20-9-12/h3-5,7,10,12,17H,6,8-9H2,1-2H3/t12-/m1/s1. The molecule has 1 aromatic carbocycles. The Hall–Kier alpha value is -2.01. The highest BCUT2D eigenvalue weighted by Crippen LogP contribution is 2.34. The van der Waals surface area contributed by atoms with Crippen molar-refractivity contribution in [1.82, 2.24) is 14.9 Å². The van der Waals surface area contributed by atoms with Gasteiger partial charge in [0.2, 0.25) is 0 Å². The van der Waals surface area contributed by atoms with Crippen LogP contribution in [0.15, 0.2) is 30.7 Å². The van der Waals surface area contributed by atoms with Crippen molar-refractivity contribution in [2.24, 2.45) is 7.05 Å². The number of para-hydroxylation sites is 1. The van der Waals surface area contributed by atoms with Gasteiger partial charge in [0.05, 0.1) is 19.1 Å². The fourth-order valence-corrected chi connectivity index (χ4v) is 2.49. The highest BCUT2D eigenvalue weighted by Gasteiger charge is 2.22. The molecule has 0 aliphatic carbocycles. The Balaban J connectivity index is 1.65. The molecule has 0 amide bonds. The third-order valence-electron chi connectivity index (χ3n) is 3.66. The minimum atomic E-state index is 0.310. The minimum absolute atomic E-state index is 0.310. The van der Waals surface area contributed by atoms with E-state index in [9.17, 15) is 0 Å². The smallest absolute Gasteiger partial charge is 0.164 e. The van der Waals surface area contributed by atoms with E-state index in [4.69, 9.17) is 9.47 Å². The Bertz CT molecular complexity index is 595. The summed E-state index contributed by atoms with van der Waals surface area (Å²) in [5, 5.41) is 3.52. The number of benzene rings is 1. The average molecular weight is 273 g/mol. The number of hydrogen-bond donors (Lipinski definition) is 1. The molecule has 1 aromatic heterocycles. The van der Waals surface area contributed by atoms with Gasteiger partial charge in [0.1, 0.15) is 6.61 Å². The molecule has 1 aliphatic heterocycles. The first-order valence-corrected chi connectivity index (χ1v) is 6.75. The first-order valence-electron chi connectivity index (χ1n) is 6.75. The molecule has 0 bridgehead atoms. The lowest BCUT2D eigenvalue weighted by Crippen LogP contribution is -2.39. The zero-order chi connectivity index (χ0) is 13.9. The van der Waals surface area contributed by atoms with Crippen molar-refractivity contribution >= 4 is 0 Å². The molecule has 2 heterocycles. The molecule has 1 N–H and O–H groups in total. The lowest BCUT2D eigenvalue weighted by Gasteiger charge is -2.27. The second-order valence-electron chi connectivity index (χ2n) is 5.04. The Morgan fingerprint density at radius 3 is 3.15 bits per heavy atom. The van der Waals surface area contributed by atoms with E-state index in [0.717, 1.165) is 24.5 Å². The van der Waals surface area contributed by atoms with Crippen LogP contribution in [0, 0.1) is 0 Å². The van der Waals surface area contributed by atoms with Gasteiger partial charge in [-0.05, 0) is 18.1 Å². The highest BCUT2D eigenvalue weighted by atomic mass is 16.5. The number of hydrogen-bond acceptors (Lipinski definition) is 4. The summed E-state index contributed by atoms with van der Waals surface area (Å²) >= 11 is 0. The molecule has 20 heavy (non-hydrogen) atoms. The third kappa shape index (κ3) is 2.49. The van der Waals surface area contributed by atoms with Gasteiger partial charge < -0.3 is 19.4 Å². The molecule has 1 aliphatic rings. The monoisotopic (exact) mass is 273 g/mol. The molecular weight excluding hydrogens is 254 g/mol. The summed E-state index contributed by atoms with van der Waals surface area (Å²) in [6.07, 6.45) is 4.65. The SMILES string of the molecule is COc1cccc2c1OC[C@H](NCc1cncn1C)C2. The Labute approximate surface area is 118 Å². The Kier molecular flexibility index (Phi) is 3.60. The predicted octanol–water partition coefficient (Wildman–Crippen LogP) is 1.52. The van der Waals surface area contributed by atoms with Crippen LogP contribution in [0.5, 0.6) is 11.5 Å². The van der Waals surface area contributed by atoms with Crippen molar-refractivity contribution in [2.75, 3.05) is 13.7 Å². The van der Waals surface area contributed by atoms with Gasteiger partial charge in [-0.3, -0.25) is 0 Å². The van der Waals surface area contributed by atoms with E-state index >= 15 is 0 Å². The van der Waals surface area contributed by atoms with Crippen molar-refractivity contribution < 1.29 is 9.47 Å². The first-order chi connectivity index (χ1) is 9.78. The number of aryl methyl sites for hydroxylation is 1. The first kappa shape index (κ1) is 13.0. The van der Waals surface area contributed by atoms with E-state index < -0.39 is 0 Å². The molecule has 0 spiro atoms. The molecule has 5 heteroatoms. The molecule has 2 aromatic rings. The number of ether oxygens (including phenoxy) is 2. The minimum Gasteiger partial charge on any atom is -0.493 e. The lowest BCUT2D eigenvalue weighted by atomic mass is 10.0. The van der Waals surface area contributed by atoms with Gasteiger partial charge >= 0.3 is 0 Å². The number of imidazole rings is 1. The quantitative estimate of drug-likeness (QED) is 0.917. The van der Waals surface area contributed by atoms with Crippen LogP contribution in [-0.4, -0.2) is 29.3 Å². The molecule has 0 unspecified atom stereocenters. The molecule has 3 rings (SSSR count). The van der Waals surface area contributed by atoms with Crippen molar-refractivity contribution in [3.63, 3.8) is 0 Å². The third-order valence-corrected chi connectivity index (χ3v) is 3.66. The summed E-state index contributed by atoms with van der Waals surface area (Å²) < 4.78 is 13.2. The number of fused-ring (bicyclic) bond motifs is 1. The van der Waals surface area contributed by atoms with Crippen LogP contribution in [0.3, 0.4) is 0 Å². The summed E-state index contributed by atoms with van der Waals surface area (Å²) in [5.41, 5.74) is 2.36.